The average molecular weight is 299 g/mol. The average Bonchev–Trinajstić information content (AvgIpc) is 2.28. The molecule has 1 atom stereocenters. The maximum Gasteiger partial charge on any atom is 0.224 e. The normalized spacial score (nSPS) is 12.2. The van der Waals surface area contributed by atoms with Crippen molar-refractivity contribution in [3.05, 3.63) is 28.2 Å². The molecule has 1 aromatic rings. The van der Waals surface area contributed by atoms with Crippen molar-refractivity contribution in [2.75, 3.05) is 5.32 Å². The molecule has 94 valence electrons. The van der Waals surface area contributed by atoms with Gasteiger partial charge < -0.3 is 11.1 Å². The van der Waals surface area contributed by atoms with E-state index in [2.05, 4.69) is 28.2 Å². The Morgan fingerprint density at radius 3 is 2.82 bits per heavy atom. The van der Waals surface area contributed by atoms with E-state index < -0.39 is 0 Å². The number of rotatable bonds is 5. The summed E-state index contributed by atoms with van der Waals surface area (Å²) in [6.45, 7) is 3.98. The molecule has 1 amide bonds. The van der Waals surface area contributed by atoms with Crippen LogP contribution in [0.1, 0.15) is 32.3 Å². The largest absolute Gasteiger partial charge is 0.328 e. The summed E-state index contributed by atoms with van der Waals surface area (Å²) < 4.78 is 1.03. The van der Waals surface area contributed by atoms with E-state index in [1.807, 2.05) is 25.1 Å². The number of nitrogens with one attached hydrogen (secondary N) is 1. The number of benzene rings is 1. The minimum atomic E-state index is 0.0272. The van der Waals surface area contributed by atoms with E-state index in [0.29, 0.717) is 12.8 Å². The number of aryl methyl sites for hydroxylation is 1. The first kappa shape index (κ1) is 14.2. The van der Waals surface area contributed by atoms with Gasteiger partial charge in [0.1, 0.15) is 0 Å². The SMILES string of the molecule is CCc1cc(Br)ccc1NC(=O)CCC(C)N. The maximum atomic E-state index is 11.7. The Balaban J connectivity index is 2.64. The second-order valence-corrected chi connectivity index (χ2v) is 5.13. The van der Waals surface area contributed by atoms with Crippen LogP contribution in [-0.2, 0) is 11.2 Å². The van der Waals surface area contributed by atoms with Gasteiger partial charge in [-0.15, -0.1) is 0 Å². The third-order valence-electron chi connectivity index (χ3n) is 2.55. The Morgan fingerprint density at radius 2 is 2.24 bits per heavy atom. The van der Waals surface area contributed by atoms with Gasteiger partial charge in [0.25, 0.3) is 0 Å². The van der Waals surface area contributed by atoms with Crippen LogP contribution in [0.3, 0.4) is 0 Å². The van der Waals surface area contributed by atoms with Gasteiger partial charge in [-0.25, -0.2) is 0 Å². The lowest BCUT2D eigenvalue weighted by molar-refractivity contribution is -0.116. The van der Waals surface area contributed by atoms with Gasteiger partial charge in [0.15, 0.2) is 0 Å². The molecule has 0 saturated heterocycles. The summed E-state index contributed by atoms with van der Waals surface area (Å²) in [5.41, 5.74) is 7.65. The fraction of sp³-hybridized carbons (Fsp3) is 0.462. The lowest BCUT2D eigenvalue weighted by atomic mass is 10.1. The van der Waals surface area contributed by atoms with Crippen LogP contribution in [0.5, 0.6) is 0 Å². The number of nitrogens with two attached hydrogens (primary N) is 1. The molecule has 0 saturated carbocycles. The number of hydrogen-bond donors (Lipinski definition) is 2. The van der Waals surface area contributed by atoms with Gasteiger partial charge in [-0.2, -0.15) is 0 Å². The second kappa shape index (κ2) is 6.77. The van der Waals surface area contributed by atoms with E-state index >= 15 is 0 Å². The van der Waals surface area contributed by atoms with E-state index in [1.54, 1.807) is 0 Å². The monoisotopic (exact) mass is 298 g/mol. The number of halogens is 1. The highest BCUT2D eigenvalue weighted by Crippen LogP contribution is 2.21. The topological polar surface area (TPSA) is 55.1 Å². The van der Waals surface area contributed by atoms with Crippen LogP contribution in [0.2, 0.25) is 0 Å². The summed E-state index contributed by atoms with van der Waals surface area (Å²) >= 11 is 3.42. The third-order valence-corrected chi connectivity index (χ3v) is 3.04. The highest BCUT2D eigenvalue weighted by atomic mass is 79.9. The predicted molar refractivity (Wildman–Crippen MR) is 75.0 cm³/mol. The van der Waals surface area contributed by atoms with Crippen molar-refractivity contribution in [1.82, 2.24) is 0 Å². The van der Waals surface area contributed by atoms with Crippen molar-refractivity contribution in [3.63, 3.8) is 0 Å². The van der Waals surface area contributed by atoms with E-state index in [0.717, 1.165) is 22.1 Å². The highest BCUT2D eigenvalue weighted by Gasteiger charge is 2.07. The van der Waals surface area contributed by atoms with Crippen molar-refractivity contribution in [3.8, 4) is 0 Å². The van der Waals surface area contributed by atoms with E-state index in [4.69, 9.17) is 5.73 Å². The molecule has 1 aromatic carbocycles. The molecule has 17 heavy (non-hydrogen) atoms. The van der Waals surface area contributed by atoms with Crippen LogP contribution in [0.4, 0.5) is 5.69 Å². The van der Waals surface area contributed by atoms with Crippen molar-refractivity contribution in [2.45, 2.75) is 39.2 Å². The summed E-state index contributed by atoms with van der Waals surface area (Å²) in [5, 5.41) is 2.93. The number of carbonyl (C=O) groups is 1. The molecule has 0 aliphatic carbocycles. The summed E-state index contributed by atoms with van der Waals surface area (Å²) in [6.07, 6.45) is 2.07. The first-order chi connectivity index (χ1) is 8.02. The van der Waals surface area contributed by atoms with Gasteiger partial charge >= 0.3 is 0 Å². The van der Waals surface area contributed by atoms with Crippen molar-refractivity contribution < 1.29 is 4.79 Å². The molecule has 0 aromatic heterocycles. The molecule has 0 spiro atoms. The highest BCUT2D eigenvalue weighted by molar-refractivity contribution is 9.10. The molecular formula is C13H19BrN2O. The lowest BCUT2D eigenvalue weighted by Crippen LogP contribution is -2.19. The molecule has 0 aliphatic heterocycles. The maximum absolute atomic E-state index is 11.7. The standard InChI is InChI=1S/C13H19BrN2O/c1-3-10-8-11(14)5-6-12(10)16-13(17)7-4-9(2)15/h5-6,8-9H,3-4,7,15H2,1-2H3,(H,16,17). The number of carbonyl (C=O) groups excluding carboxylic acids is 1. The number of hydrogen-bond acceptors (Lipinski definition) is 2. The van der Waals surface area contributed by atoms with Crippen LogP contribution >= 0.6 is 15.9 Å². The first-order valence-electron chi connectivity index (χ1n) is 5.86. The van der Waals surface area contributed by atoms with Crippen molar-refractivity contribution in [1.29, 1.82) is 0 Å². The van der Waals surface area contributed by atoms with Gasteiger partial charge in [0.05, 0.1) is 0 Å². The van der Waals surface area contributed by atoms with Crippen LogP contribution in [0, 0.1) is 0 Å². The smallest absolute Gasteiger partial charge is 0.224 e. The molecule has 3 N–H and O–H groups in total. The third kappa shape index (κ3) is 4.88. The van der Waals surface area contributed by atoms with E-state index in [-0.39, 0.29) is 11.9 Å². The summed E-state index contributed by atoms with van der Waals surface area (Å²) in [7, 11) is 0. The van der Waals surface area contributed by atoms with Crippen LogP contribution in [-0.4, -0.2) is 11.9 Å². The molecule has 0 heterocycles. The van der Waals surface area contributed by atoms with Gasteiger partial charge in [-0.3, -0.25) is 4.79 Å². The van der Waals surface area contributed by atoms with Crippen LogP contribution in [0.25, 0.3) is 0 Å². The van der Waals surface area contributed by atoms with Gasteiger partial charge in [0, 0.05) is 22.6 Å². The summed E-state index contributed by atoms with van der Waals surface area (Å²) in [4.78, 5) is 11.7. The molecule has 0 aliphatic rings. The summed E-state index contributed by atoms with van der Waals surface area (Å²) in [5.74, 6) is 0.0272. The fourth-order valence-electron chi connectivity index (χ4n) is 1.55. The van der Waals surface area contributed by atoms with Crippen molar-refractivity contribution in [2.24, 2.45) is 5.73 Å². The zero-order valence-electron chi connectivity index (χ0n) is 10.3. The Kier molecular flexibility index (Phi) is 5.65. The molecule has 0 bridgehead atoms. The Morgan fingerprint density at radius 1 is 1.53 bits per heavy atom. The lowest BCUT2D eigenvalue weighted by Gasteiger charge is -2.11. The Bertz CT molecular complexity index is 391. The molecule has 4 heteroatoms. The van der Waals surface area contributed by atoms with Crippen LogP contribution in [0.15, 0.2) is 22.7 Å². The predicted octanol–water partition coefficient (Wildman–Crippen LogP) is 3.08. The zero-order chi connectivity index (χ0) is 12.8. The molecule has 3 nitrogen and oxygen atoms in total. The number of amides is 1. The van der Waals surface area contributed by atoms with Gasteiger partial charge in [0.2, 0.25) is 5.91 Å². The van der Waals surface area contributed by atoms with Gasteiger partial charge in [-0.1, -0.05) is 22.9 Å². The molecule has 0 radical (unpaired) electrons. The molecule has 1 rings (SSSR count). The Hall–Kier alpha value is -0.870. The first-order valence-corrected chi connectivity index (χ1v) is 6.66. The Labute approximate surface area is 111 Å². The second-order valence-electron chi connectivity index (χ2n) is 4.22. The molecule has 1 unspecified atom stereocenters. The zero-order valence-corrected chi connectivity index (χ0v) is 11.9. The number of anilines is 1. The van der Waals surface area contributed by atoms with E-state index in [9.17, 15) is 4.79 Å². The quantitative estimate of drug-likeness (QED) is 0.878. The molecular weight excluding hydrogens is 280 g/mol. The minimum Gasteiger partial charge on any atom is -0.328 e. The van der Waals surface area contributed by atoms with E-state index in [1.165, 1.54) is 0 Å². The van der Waals surface area contributed by atoms with Gasteiger partial charge in [-0.05, 0) is 43.5 Å². The summed E-state index contributed by atoms with van der Waals surface area (Å²) in [6, 6.07) is 5.95. The molecule has 0 fully saturated rings. The van der Waals surface area contributed by atoms with Crippen LogP contribution < -0.4 is 11.1 Å². The minimum absolute atomic E-state index is 0.0272. The fourth-order valence-corrected chi connectivity index (χ4v) is 1.96. The van der Waals surface area contributed by atoms with Crippen molar-refractivity contribution >= 4 is 27.5 Å².